The van der Waals surface area contributed by atoms with Crippen molar-refractivity contribution in [2.45, 2.75) is 26.4 Å². The third kappa shape index (κ3) is 4.86. The zero-order valence-corrected chi connectivity index (χ0v) is 17.4. The van der Waals surface area contributed by atoms with E-state index in [1.807, 2.05) is 0 Å². The van der Waals surface area contributed by atoms with Crippen molar-refractivity contribution in [3.8, 4) is 0 Å². The third-order valence-electron chi connectivity index (χ3n) is 4.07. The number of hydrogen-bond acceptors (Lipinski definition) is 8. The average molecular weight is 403 g/mol. The van der Waals surface area contributed by atoms with Crippen molar-refractivity contribution >= 4 is 23.4 Å². The van der Waals surface area contributed by atoms with E-state index < -0.39 is 29.0 Å². The van der Waals surface area contributed by atoms with E-state index in [1.165, 1.54) is 38.4 Å². The maximum absolute atomic E-state index is 13.2. The predicted octanol–water partition coefficient (Wildman–Crippen LogP) is 1.05. The van der Waals surface area contributed by atoms with E-state index in [0.29, 0.717) is 0 Å². The average Bonchev–Trinajstić information content (AvgIpc) is 2.62. The summed E-state index contributed by atoms with van der Waals surface area (Å²) in [6.07, 6.45) is 1.40. The molecule has 0 fully saturated rings. The van der Waals surface area contributed by atoms with Gasteiger partial charge in [0.1, 0.15) is 35.8 Å². The molecule has 0 radical (unpaired) electrons. The van der Waals surface area contributed by atoms with Crippen molar-refractivity contribution in [2.24, 2.45) is 0 Å². The summed E-state index contributed by atoms with van der Waals surface area (Å²) in [7, 11) is 4.21. The summed E-state index contributed by atoms with van der Waals surface area (Å²) >= 11 is 0. The third-order valence-corrected chi connectivity index (χ3v) is 4.07. The molecule has 1 aliphatic carbocycles. The van der Waals surface area contributed by atoms with E-state index in [4.69, 9.17) is 9.47 Å². The Morgan fingerprint density at radius 2 is 1.76 bits per heavy atom. The van der Waals surface area contributed by atoms with Gasteiger partial charge < -0.3 is 19.3 Å². The Morgan fingerprint density at radius 3 is 2.34 bits per heavy atom. The number of pyridine rings is 1. The Bertz CT molecular complexity index is 884. The first-order valence-electron chi connectivity index (χ1n) is 8.95. The second-order valence-electron chi connectivity index (χ2n) is 7.58. The number of methoxy groups -OCH3 is 1. The lowest BCUT2D eigenvalue weighted by molar-refractivity contribution is -0.155. The van der Waals surface area contributed by atoms with E-state index in [2.05, 4.69) is 4.98 Å². The lowest BCUT2D eigenvalue weighted by atomic mass is 9.93. The minimum Gasteiger partial charge on any atom is -0.459 e. The second kappa shape index (κ2) is 8.52. The van der Waals surface area contributed by atoms with Gasteiger partial charge in [0.15, 0.2) is 0 Å². The molecule has 1 amide bonds. The van der Waals surface area contributed by atoms with Crippen LogP contribution in [0.5, 0.6) is 0 Å². The monoisotopic (exact) mass is 403 g/mol. The summed E-state index contributed by atoms with van der Waals surface area (Å²) < 4.78 is 10.1. The Balaban J connectivity index is 2.52. The molecule has 9 nitrogen and oxygen atoms in total. The number of aromatic nitrogens is 1. The number of carbonyl (C=O) groups is 4. The van der Waals surface area contributed by atoms with E-state index in [1.54, 1.807) is 26.8 Å². The smallest absolute Gasteiger partial charge is 0.326 e. The molecule has 0 unspecified atom stereocenters. The van der Waals surface area contributed by atoms with Crippen LogP contribution in [-0.4, -0.2) is 78.2 Å². The SMILES string of the molecule is COCC(=O)N(C)C1=C(N(C)CC(=O)OC(C)(C)C)C(=O)c2cccnc2C1=O. The van der Waals surface area contributed by atoms with Gasteiger partial charge in [-0.2, -0.15) is 0 Å². The number of likely N-dealkylation sites (N-methyl/N-ethyl adjacent to an activating group) is 2. The van der Waals surface area contributed by atoms with Gasteiger partial charge in [0.05, 0.1) is 5.56 Å². The van der Waals surface area contributed by atoms with Gasteiger partial charge in [-0.05, 0) is 32.9 Å². The molecule has 0 aromatic carbocycles. The van der Waals surface area contributed by atoms with Crippen molar-refractivity contribution in [3.63, 3.8) is 0 Å². The fourth-order valence-corrected chi connectivity index (χ4v) is 2.88. The molecule has 1 aromatic rings. The number of carbonyl (C=O) groups excluding carboxylic acids is 4. The van der Waals surface area contributed by atoms with Crippen LogP contribution in [-0.2, 0) is 19.1 Å². The van der Waals surface area contributed by atoms with Crippen molar-refractivity contribution < 1.29 is 28.7 Å². The summed E-state index contributed by atoms with van der Waals surface area (Å²) in [5.41, 5.74) is -0.870. The van der Waals surface area contributed by atoms with Crippen LogP contribution in [0.15, 0.2) is 29.7 Å². The van der Waals surface area contributed by atoms with Crippen LogP contribution in [0.2, 0.25) is 0 Å². The highest BCUT2D eigenvalue weighted by Gasteiger charge is 2.39. The second-order valence-corrected chi connectivity index (χ2v) is 7.58. The molecule has 2 rings (SSSR count). The van der Waals surface area contributed by atoms with Crippen LogP contribution in [0, 0.1) is 0 Å². The number of rotatable bonds is 6. The Morgan fingerprint density at radius 1 is 1.10 bits per heavy atom. The number of fused-ring (bicyclic) bond motifs is 1. The quantitative estimate of drug-likeness (QED) is 0.649. The largest absolute Gasteiger partial charge is 0.459 e. The maximum Gasteiger partial charge on any atom is 0.326 e. The van der Waals surface area contributed by atoms with Crippen LogP contribution >= 0.6 is 0 Å². The lowest BCUT2D eigenvalue weighted by Crippen LogP contribution is -2.43. The topological polar surface area (TPSA) is 106 Å². The molecule has 0 aliphatic heterocycles. The molecular weight excluding hydrogens is 378 g/mol. The van der Waals surface area contributed by atoms with Crippen LogP contribution in [0.25, 0.3) is 0 Å². The zero-order valence-electron chi connectivity index (χ0n) is 17.4. The number of amides is 1. The summed E-state index contributed by atoms with van der Waals surface area (Å²) in [6.45, 7) is 4.62. The number of nitrogens with zero attached hydrogens (tertiary/aromatic N) is 3. The molecule has 0 spiro atoms. The predicted molar refractivity (Wildman–Crippen MR) is 103 cm³/mol. The van der Waals surface area contributed by atoms with Gasteiger partial charge in [-0.1, -0.05) is 0 Å². The van der Waals surface area contributed by atoms with Gasteiger partial charge in [0.25, 0.3) is 5.91 Å². The van der Waals surface area contributed by atoms with Gasteiger partial charge in [0.2, 0.25) is 11.6 Å². The number of Topliss-reactive ketones (excluding diaryl/α,β-unsaturated/α-hetero) is 2. The molecule has 0 N–H and O–H groups in total. The minimum absolute atomic E-state index is 0.0426. The number of ketones is 2. The van der Waals surface area contributed by atoms with Gasteiger partial charge in [-0.3, -0.25) is 24.2 Å². The molecule has 0 saturated heterocycles. The molecular formula is C20H25N3O6. The van der Waals surface area contributed by atoms with Crippen LogP contribution in [0.1, 0.15) is 41.6 Å². The Hall–Kier alpha value is -3.07. The van der Waals surface area contributed by atoms with Crippen LogP contribution < -0.4 is 0 Å². The molecule has 1 aliphatic rings. The highest BCUT2D eigenvalue weighted by atomic mass is 16.6. The molecule has 1 heterocycles. The number of ether oxygens (including phenoxy) is 2. The fraction of sp³-hybridized carbons (Fsp3) is 0.450. The molecule has 1 aromatic heterocycles. The van der Waals surface area contributed by atoms with E-state index >= 15 is 0 Å². The maximum atomic E-state index is 13.2. The summed E-state index contributed by atoms with van der Waals surface area (Å²) in [4.78, 5) is 57.2. The van der Waals surface area contributed by atoms with E-state index in [9.17, 15) is 19.2 Å². The summed E-state index contributed by atoms with van der Waals surface area (Å²) in [5.74, 6) is -2.19. The Kier molecular flexibility index (Phi) is 6.53. The summed E-state index contributed by atoms with van der Waals surface area (Å²) in [6, 6.07) is 3.03. The van der Waals surface area contributed by atoms with Gasteiger partial charge in [-0.15, -0.1) is 0 Å². The highest BCUT2D eigenvalue weighted by molar-refractivity contribution is 6.26. The highest BCUT2D eigenvalue weighted by Crippen LogP contribution is 2.28. The van der Waals surface area contributed by atoms with Crippen molar-refractivity contribution in [3.05, 3.63) is 41.0 Å². The molecule has 156 valence electrons. The zero-order chi connectivity index (χ0) is 21.9. The Labute approximate surface area is 169 Å². The van der Waals surface area contributed by atoms with Gasteiger partial charge in [-0.25, -0.2) is 0 Å². The fourth-order valence-electron chi connectivity index (χ4n) is 2.88. The molecule has 0 atom stereocenters. The van der Waals surface area contributed by atoms with Crippen molar-refractivity contribution in [1.82, 2.24) is 14.8 Å². The normalized spacial score (nSPS) is 13.9. The van der Waals surface area contributed by atoms with Gasteiger partial charge in [0, 0.05) is 27.4 Å². The molecule has 0 bridgehead atoms. The van der Waals surface area contributed by atoms with E-state index in [-0.39, 0.29) is 35.8 Å². The number of hydrogen-bond donors (Lipinski definition) is 0. The van der Waals surface area contributed by atoms with Crippen LogP contribution in [0.4, 0.5) is 0 Å². The van der Waals surface area contributed by atoms with E-state index in [0.717, 1.165) is 4.90 Å². The van der Waals surface area contributed by atoms with Crippen LogP contribution in [0.3, 0.4) is 0 Å². The first-order valence-corrected chi connectivity index (χ1v) is 8.95. The summed E-state index contributed by atoms with van der Waals surface area (Å²) in [5, 5.41) is 0. The standard InChI is InChI=1S/C20H25N3O6/c1-20(2,3)29-14(25)10-22(4)16-17(23(5)13(24)11-28-6)19(27)15-12(18(16)26)8-7-9-21-15/h7-9H,10-11H2,1-6H3. The molecule has 29 heavy (non-hydrogen) atoms. The van der Waals surface area contributed by atoms with Crippen molar-refractivity contribution in [1.29, 1.82) is 0 Å². The first-order chi connectivity index (χ1) is 13.5. The molecule has 0 saturated carbocycles. The molecule has 9 heteroatoms. The first kappa shape index (κ1) is 22.2. The number of allylic oxidation sites excluding steroid dienone is 2. The minimum atomic E-state index is -0.705. The van der Waals surface area contributed by atoms with Crippen molar-refractivity contribution in [2.75, 3.05) is 34.4 Å². The van der Waals surface area contributed by atoms with Gasteiger partial charge >= 0.3 is 5.97 Å². The number of esters is 1. The lowest BCUT2D eigenvalue weighted by Gasteiger charge is -2.31.